The second kappa shape index (κ2) is 7.49. The van der Waals surface area contributed by atoms with Gasteiger partial charge in [0.2, 0.25) is 0 Å². The van der Waals surface area contributed by atoms with E-state index >= 15 is 0 Å². The van der Waals surface area contributed by atoms with Crippen LogP contribution in [-0.2, 0) is 4.74 Å². The highest BCUT2D eigenvalue weighted by Crippen LogP contribution is 2.23. The molecule has 102 valence electrons. The summed E-state index contributed by atoms with van der Waals surface area (Å²) >= 11 is 0. The molecule has 3 heteroatoms. The fourth-order valence-electron chi connectivity index (χ4n) is 2.18. The number of halogens is 1. The molecule has 0 aliphatic rings. The van der Waals surface area contributed by atoms with Gasteiger partial charge in [0, 0.05) is 6.61 Å². The summed E-state index contributed by atoms with van der Waals surface area (Å²) in [6, 6.07) is 5.06. The van der Waals surface area contributed by atoms with Crippen molar-refractivity contribution in [1.29, 1.82) is 0 Å². The second-order valence-electron chi connectivity index (χ2n) is 4.59. The van der Waals surface area contributed by atoms with Crippen molar-refractivity contribution in [3.63, 3.8) is 0 Å². The molecule has 0 aliphatic heterocycles. The third kappa shape index (κ3) is 4.07. The van der Waals surface area contributed by atoms with Gasteiger partial charge in [-0.25, -0.2) is 4.39 Å². The molecule has 1 aromatic carbocycles. The second-order valence-corrected chi connectivity index (χ2v) is 4.59. The lowest BCUT2D eigenvalue weighted by atomic mass is 9.97. The van der Waals surface area contributed by atoms with Gasteiger partial charge in [-0.05, 0) is 57.0 Å². The Morgan fingerprint density at radius 2 is 2.06 bits per heavy atom. The van der Waals surface area contributed by atoms with Crippen LogP contribution in [0.5, 0.6) is 0 Å². The Hall–Kier alpha value is -0.930. The largest absolute Gasteiger partial charge is 0.377 e. The van der Waals surface area contributed by atoms with E-state index in [1.54, 1.807) is 6.07 Å². The van der Waals surface area contributed by atoms with E-state index in [1.165, 1.54) is 6.07 Å². The van der Waals surface area contributed by atoms with Crippen LogP contribution in [0.4, 0.5) is 4.39 Å². The molecule has 1 N–H and O–H groups in total. The average Bonchev–Trinajstić information content (AvgIpc) is 2.32. The maximum absolute atomic E-state index is 13.2. The van der Waals surface area contributed by atoms with Crippen molar-refractivity contribution in [2.45, 2.75) is 46.3 Å². The number of nitrogens with one attached hydrogen (secondary N) is 1. The quantitative estimate of drug-likeness (QED) is 0.801. The van der Waals surface area contributed by atoms with Crippen LogP contribution in [0.25, 0.3) is 0 Å². The fraction of sp³-hybridized carbons (Fsp3) is 0.600. The first-order chi connectivity index (χ1) is 8.60. The van der Waals surface area contributed by atoms with E-state index in [2.05, 4.69) is 19.2 Å². The zero-order valence-electron chi connectivity index (χ0n) is 11.8. The Balaban J connectivity index is 2.93. The predicted molar refractivity (Wildman–Crippen MR) is 73.3 cm³/mol. The zero-order chi connectivity index (χ0) is 13.5. The van der Waals surface area contributed by atoms with Gasteiger partial charge in [-0.3, -0.25) is 0 Å². The van der Waals surface area contributed by atoms with E-state index in [9.17, 15) is 4.39 Å². The first-order valence-electron chi connectivity index (χ1n) is 6.71. The van der Waals surface area contributed by atoms with Crippen LogP contribution in [-0.4, -0.2) is 19.3 Å². The fourth-order valence-corrected chi connectivity index (χ4v) is 2.18. The summed E-state index contributed by atoms with van der Waals surface area (Å²) in [4.78, 5) is 0. The summed E-state index contributed by atoms with van der Waals surface area (Å²) in [5.41, 5.74) is 2.08. The standard InChI is InChI=1S/C15H24FNO/c1-5-9-17-15(12(4)18-6-2)14-8-7-13(16)10-11(14)3/h7-8,10,12,15,17H,5-6,9H2,1-4H3. The Bertz CT molecular complexity index is 368. The third-order valence-electron chi connectivity index (χ3n) is 3.08. The Kier molecular flexibility index (Phi) is 6.30. The van der Waals surface area contributed by atoms with Crippen LogP contribution in [0.3, 0.4) is 0 Å². The minimum Gasteiger partial charge on any atom is -0.377 e. The molecule has 0 aromatic heterocycles. The third-order valence-corrected chi connectivity index (χ3v) is 3.08. The highest BCUT2D eigenvalue weighted by atomic mass is 19.1. The predicted octanol–water partition coefficient (Wildman–Crippen LogP) is 3.60. The summed E-state index contributed by atoms with van der Waals surface area (Å²) in [6.45, 7) is 9.74. The lowest BCUT2D eigenvalue weighted by molar-refractivity contribution is 0.0471. The van der Waals surface area contributed by atoms with Gasteiger partial charge in [0.15, 0.2) is 0 Å². The molecule has 2 unspecified atom stereocenters. The average molecular weight is 253 g/mol. The molecule has 0 heterocycles. The van der Waals surface area contributed by atoms with Gasteiger partial charge in [0.05, 0.1) is 12.1 Å². The molecular weight excluding hydrogens is 229 g/mol. The van der Waals surface area contributed by atoms with Gasteiger partial charge in [0.25, 0.3) is 0 Å². The lowest BCUT2D eigenvalue weighted by Gasteiger charge is -2.27. The summed E-state index contributed by atoms with van der Waals surface area (Å²) < 4.78 is 18.8. The molecule has 18 heavy (non-hydrogen) atoms. The van der Waals surface area contributed by atoms with Crippen molar-refractivity contribution in [3.05, 3.63) is 35.1 Å². The molecule has 0 fully saturated rings. The maximum Gasteiger partial charge on any atom is 0.123 e. The SMILES string of the molecule is CCCNC(c1ccc(F)cc1C)C(C)OCC. The minimum absolute atomic E-state index is 0.0747. The normalized spacial score (nSPS) is 14.5. The van der Waals surface area contributed by atoms with Crippen LogP contribution < -0.4 is 5.32 Å². The van der Waals surface area contributed by atoms with E-state index in [4.69, 9.17) is 4.74 Å². The van der Waals surface area contributed by atoms with E-state index in [-0.39, 0.29) is 18.0 Å². The molecule has 1 aromatic rings. The lowest BCUT2D eigenvalue weighted by Crippen LogP contribution is -2.33. The molecule has 0 bridgehead atoms. The van der Waals surface area contributed by atoms with Gasteiger partial charge in [-0.2, -0.15) is 0 Å². The van der Waals surface area contributed by atoms with Crippen LogP contribution in [0, 0.1) is 12.7 Å². The summed E-state index contributed by atoms with van der Waals surface area (Å²) in [5.74, 6) is -0.186. The molecule has 0 saturated heterocycles. The molecule has 1 rings (SSSR count). The highest BCUT2D eigenvalue weighted by Gasteiger charge is 2.20. The topological polar surface area (TPSA) is 21.3 Å². The Morgan fingerprint density at radius 3 is 2.61 bits per heavy atom. The van der Waals surface area contributed by atoms with Crippen LogP contribution in [0.2, 0.25) is 0 Å². The summed E-state index contributed by atoms with van der Waals surface area (Å²) in [6.07, 6.45) is 1.14. The zero-order valence-corrected chi connectivity index (χ0v) is 11.8. The van der Waals surface area contributed by atoms with Gasteiger partial charge >= 0.3 is 0 Å². The molecule has 0 saturated carbocycles. The van der Waals surface area contributed by atoms with Crippen molar-refractivity contribution in [3.8, 4) is 0 Å². The van der Waals surface area contributed by atoms with Gasteiger partial charge in [0.1, 0.15) is 5.82 Å². The summed E-state index contributed by atoms with van der Waals surface area (Å²) in [5, 5.41) is 3.48. The molecule has 2 nitrogen and oxygen atoms in total. The maximum atomic E-state index is 13.2. The Morgan fingerprint density at radius 1 is 1.33 bits per heavy atom. The molecule has 2 atom stereocenters. The van der Waals surface area contributed by atoms with Gasteiger partial charge in [-0.15, -0.1) is 0 Å². The van der Waals surface area contributed by atoms with Crippen molar-refractivity contribution in [2.24, 2.45) is 0 Å². The number of ether oxygens (including phenoxy) is 1. The molecular formula is C15H24FNO. The Labute approximate surface area is 110 Å². The van der Waals surface area contributed by atoms with E-state index in [0.29, 0.717) is 6.61 Å². The van der Waals surface area contributed by atoms with E-state index < -0.39 is 0 Å². The minimum atomic E-state index is -0.186. The number of hydrogen-bond acceptors (Lipinski definition) is 2. The molecule has 0 radical (unpaired) electrons. The van der Waals surface area contributed by atoms with Crippen LogP contribution >= 0.6 is 0 Å². The first kappa shape index (κ1) is 15.1. The smallest absolute Gasteiger partial charge is 0.123 e. The van der Waals surface area contributed by atoms with Crippen LogP contribution in [0.15, 0.2) is 18.2 Å². The van der Waals surface area contributed by atoms with E-state index in [0.717, 1.165) is 24.1 Å². The van der Waals surface area contributed by atoms with Crippen molar-refractivity contribution >= 4 is 0 Å². The highest BCUT2D eigenvalue weighted by molar-refractivity contribution is 5.30. The number of rotatable bonds is 7. The molecule has 0 spiro atoms. The van der Waals surface area contributed by atoms with Gasteiger partial charge in [-0.1, -0.05) is 13.0 Å². The first-order valence-corrected chi connectivity index (χ1v) is 6.71. The van der Waals surface area contributed by atoms with Crippen molar-refractivity contribution < 1.29 is 9.13 Å². The summed E-state index contributed by atoms with van der Waals surface area (Å²) in [7, 11) is 0. The molecule has 0 amide bonds. The van der Waals surface area contributed by atoms with E-state index in [1.807, 2.05) is 19.9 Å². The van der Waals surface area contributed by atoms with Crippen molar-refractivity contribution in [1.82, 2.24) is 5.32 Å². The number of hydrogen-bond donors (Lipinski definition) is 1. The van der Waals surface area contributed by atoms with Crippen molar-refractivity contribution in [2.75, 3.05) is 13.2 Å². The molecule has 0 aliphatic carbocycles. The van der Waals surface area contributed by atoms with Crippen LogP contribution in [0.1, 0.15) is 44.4 Å². The number of aryl methyl sites for hydroxylation is 1. The monoisotopic (exact) mass is 253 g/mol. The van der Waals surface area contributed by atoms with Gasteiger partial charge < -0.3 is 10.1 Å². The number of benzene rings is 1.